The Kier molecular flexibility index (Phi) is 7.11. The first-order valence-corrected chi connectivity index (χ1v) is 10.9. The summed E-state index contributed by atoms with van der Waals surface area (Å²) in [6.45, 7) is 0.347. The van der Waals surface area contributed by atoms with E-state index in [0.717, 1.165) is 0 Å². The van der Waals surface area contributed by atoms with Crippen molar-refractivity contribution in [3.8, 4) is 5.75 Å². The van der Waals surface area contributed by atoms with E-state index >= 15 is 0 Å². The third kappa shape index (κ3) is 6.20. The van der Waals surface area contributed by atoms with E-state index in [-0.39, 0.29) is 15.6 Å². The molecule has 11 heteroatoms. The van der Waals surface area contributed by atoms with Crippen molar-refractivity contribution in [2.45, 2.75) is 11.4 Å². The van der Waals surface area contributed by atoms with Gasteiger partial charge in [0, 0.05) is 11.3 Å². The highest BCUT2D eigenvalue weighted by molar-refractivity contribution is 7.92. The molecule has 0 unspecified atom stereocenters. The largest absolute Gasteiger partial charge is 0.497 e. The normalized spacial score (nSPS) is 10.7. The molecule has 0 atom stereocenters. The van der Waals surface area contributed by atoms with Gasteiger partial charge in [0.15, 0.2) is 5.11 Å². The number of sulfonamides is 1. The third-order valence-electron chi connectivity index (χ3n) is 4.04. The van der Waals surface area contributed by atoms with Crippen molar-refractivity contribution in [1.82, 2.24) is 16.2 Å². The van der Waals surface area contributed by atoms with E-state index in [1.165, 1.54) is 31.4 Å². The van der Waals surface area contributed by atoms with Crippen LogP contribution in [0.25, 0.3) is 0 Å². The second kappa shape index (κ2) is 9.96. The number of rotatable bonds is 7. The Morgan fingerprint density at radius 2 is 1.84 bits per heavy atom. The Morgan fingerprint density at radius 1 is 1.06 bits per heavy atom. The molecule has 0 spiro atoms. The van der Waals surface area contributed by atoms with Gasteiger partial charge in [-0.05, 0) is 66.8 Å². The lowest BCUT2D eigenvalue weighted by Gasteiger charge is -2.12. The lowest BCUT2D eigenvalue weighted by atomic mass is 10.2. The van der Waals surface area contributed by atoms with Crippen molar-refractivity contribution < 1.29 is 22.4 Å². The number of methoxy groups -OCH3 is 1. The molecule has 9 nitrogen and oxygen atoms in total. The summed E-state index contributed by atoms with van der Waals surface area (Å²) in [6, 6.07) is 15.6. The van der Waals surface area contributed by atoms with Gasteiger partial charge in [0.1, 0.15) is 11.5 Å². The molecule has 1 heterocycles. The average Bonchev–Trinajstić information content (AvgIpc) is 3.30. The molecule has 3 rings (SSSR count). The topological polar surface area (TPSA) is 122 Å². The van der Waals surface area contributed by atoms with Crippen LogP contribution in [0.5, 0.6) is 5.75 Å². The maximum atomic E-state index is 12.7. The first-order chi connectivity index (χ1) is 14.9. The van der Waals surface area contributed by atoms with E-state index in [4.69, 9.17) is 21.4 Å². The quantitative estimate of drug-likeness (QED) is 0.313. The van der Waals surface area contributed by atoms with E-state index < -0.39 is 15.9 Å². The predicted octanol–water partition coefficient (Wildman–Crippen LogP) is 2.40. The molecule has 4 N–H and O–H groups in total. The fraction of sp³-hybridized carbons (Fsp3) is 0.100. The summed E-state index contributed by atoms with van der Waals surface area (Å²) in [6.07, 6.45) is 1.54. The molecule has 0 radical (unpaired) electrons. The lowest BCUT2D eigenvalue weighted by Crippen LogP contribution is -2.46. The van der Waals surface area contributed by atoms with Gasteiger partial charge in [-0.1, -0.05) is 6.07 Å². The highest BCUT2D eigenvalue weighted by atomic mass is 32.2. The second-order valence-electron chi connectivity index (χ2n) is 6.20. The van der Waals surface area contributed by atoms with E-state index in [1.54, 1.807) is 42.7 Å². The highest BCUT2D eigenvalue weighted by Crippen LogP contribution is 2.20. The maximum absolute atomic E-state index is 12.7. The van der Waals surface area contributed by atoms with Crippen LogP contribution in [0.4, 0.5) is 5.69 Å². The van der Waals surface area contributed by atoms with Gasteiger partial charge in [-0.25, -0.2) is 8.42 Å². The maximum Gasteiger partial charge on any atom is 0.269 e. The Hall–Kier alpha value is -3.57. The molecule has 0 bridgehead atoms. The molecular formula is C20H20N4O5S2. The van der Waals surface area contributed by atoms with Gasteiger partial charge in [-0.3, -0.25) is 20.4 Å². The van der Waals surface area contributed by atoms with Crippen LogP contribution in [-0.4, -0.2) is 26.5 Å². The van der Waals surface area contributed by atoms with Crippen molar-refractivity contribution in [3.05, 3.63) is 78.3 Å². The van der Waals surface area contributed by atoms with E-state index in [2.05, 4.69) is 20.9 Å². The van der Waals surface area contributed by atoms with Gasteiger partial charge < -0.3 is 14.5 Å². The zero-order valence-electron chi connectivity index (χ0n) is 16.4. The molecule has 0 aliphatic rings. The minimum Gasteiger partial charge on any atom is -0.497 e. The van der Waals surface area contributed by atoms with Gasteiger partial charge in [0.2, 0.25) is 0 Å². The first-order valence-electron chi connectivity index (χ1n) is 9.01. The molecule has 162 valence electrons. The zero-order valence-corrected chi connectivity index (χ0v) is 18.0. The monoisotopic (exact) mass is 460 g/mol. The summed E-state index contributed by atoms with van der Waals surface area (Å²) >= 11 is 5.08. The van der Waals surface area contributed by atoms with Gasteiger partial charge in [-0.2, -0.15) is 0 Å². The van der Waals surface area contributed by atoms with Crippen LogP contribution in [-0.2, 0) is 16.6 Å². The number of hydrogen-bond donors (Lipinski definition) is 4. The fourth-order valence-corrected chi connectivity index (χ4v) is 3.72. The van der Waals surface area contributed by atoms with Crippen molar-refractivity contribution in [2.24, 2.45) is 0 Å². The minimum atomic E-state index is -3.89. The number of hydrogen-bond acceptors (Lipinski definition) is 6. The number of benzene rings is 2. The van der Waals surface area contributed by atoms with E-state index in [1.807, 2.05) is 0 Å². The molecule has 0 saturated heterocycles. The fourth-order valence-electron chi connectivity index (χ4n) is 2.49. The van der Waals surface area contributed by atoms with Crippen LogP contribution in [0.1, 0.15) is 16.1 Å². The van der Waals surface area contributed by atoms with Crippen molar-refractivity contribution in [2.75, 3.05) is 11.8 Å². The van der Waals surface area contributed by atoms with Crippen LogP contribution in [0.15, 0.2) is 76.2 Å². The van der Waals surface area contributed by atoms with Crippen molar-refractivity contribution in [3.63, 3.8) is 0 Å². The molecule has 1 amide bonds. The molecule has 0 aliphatic heterocycles. The number of anilines is 1. The van der Waals surface area contributed by atoms with E-state index in [0.29, 0.717) is 23.7 Å². The van der Waals surface area contributed by atoms with Crippen LogP contribution in [0, 0.1) is 0 Å². The molecule has 3 aromatic rings. The third-order valence-corrected chi connectivity index (χ3v) is 5.67. The summed E-state index contributed by atoms with van der Waals surface area (Å²) in [4.78, 5) is 12.3. The Morgan fingerprint density at radius 3 is 2.52 bits per heavy atom. The molecule has 2 aromatic carbocycles. The summed E-state index contributed by atoms with van der Waals surface area (Å²) in [5, 5.41) is 3.04. The number of furan rings is 1. The van der Waals surface area contributed by atoms with Gasteiger partial charge in [-0.15, -0.1) is 0 Å². The molecule has 31 heavy (non-hydrogen) atoms. The van der Waals surface area contributed by atoms with Crippen LogP contribution in [0.3, 0.4) is 0 Å². The summed E-state index contributed by atoms with van der Waals surface area (Å²) in [5.41, 5.74) is 5.48. The first kappa shape index (κ1) is 22.1. The standard InChI is InChI=1S/C20H20N4O5S2/c1-28-16-9-7-15(8-10-16)24-31(26,27)18-6-2-4-14(12-18)19(25)22-23-20(30)21-13-17-5-3-11-29-17/h2-12,24H,13H2,1H3,(H,22,25)(H2,21,23,30). The van der Waals surface area contributed by atoms with E-state index in [9.17, 15) is 13.2 Å². The number of carbonyl (C=O) groups excluding carboxylic acids is 1. The minimum absolute atomic E-state index is 0.0607. The summed E-state index contributed by atoms with van der Waals surface area (Å²) in [7, 11) is -2.37. The van der Waals surface area contributed by atoms with Crippen LogP contribution in [0.2, 0.25) is 0 Å². The zero-order chi connectivity index (χ0) is 22.3. The lowest BCUT2D eigenvalue weighted by molar-refractivity contribution is 0.0943. The average molecular weight is 461 g/mol. The smallest absolute Gasteiger partial charge is 0.269 e. The second-order valence-corrected chi connectivity index (χ2v) is 8.29. The SMILES string of the molecule is COc1ccc(NS(=O)(=O)c2cccc(C(=O)NNC(=S)NCc3ccco3)c2)cc1. The van der Waals surface area contributed by atoms with Crippen LogP contribution < -0.4 is 25.6 Å². The molecule has 0 fully saturated rings. The molecule has 1 aromatic heterocycles. The van der Waals surface area contributed by atoms with Gasteiger partial charge >= 0.3 is 0 Å². The van der Waals surface area contributed by atoms with Gasteiger partial charge in [0.25, 0.3) is 15.9 Å². The predicted molar refractivity (Wildman–Crippen MR) is 119 cm³/mol. The summed E-state index contributed by atoms with van der Waals surface area (Å²) < 4.78 is 38.0. The number of nitrogens with one attached hydrogen (secondary N) is 4. The Balaban J connectivity index is 1.60. The highest BCUT2D eigenvalue weighted by Gasteiger charge is 2.17. The molecular weight excluding hydrogens is 440 g/mol. The Labute approximate surface area is 184 Å². The van der Waals surface area contributed by atoms with Crippen molar-refractivity contribution in [1.29, 1.82) is 0 Å². The van der Waals surface area contributed by atoms with Gasteiger partial charge in [0.05, 0.1) is 24.8 Å². The number of amides is 1. The summed E-state index contributed by atoms with van der Waals surface area (Å²) in [5.74, 6) is 0.729. The van der Waals surface area contributed by atoms with Crippen molar-refractivity contribution >= 4 is 38.9 Å². The Bertz CT molecular complexity index is 1150. The number of thiocarbonyl (C=S) groups is 1. The van der Waals surface area contributed by atoms with Crippen LogP contribution >= 0.6 is 12.2 Å². The number of carbonyl (C=O) groups is 1. The molecule has 0 saturated carbocycles. The molecule has 0 aliphatic carbocycles. The number of hydrazine groups is 1. The number of ether oxygens (including phenoxy) is 1.